The number of nitrogens with one attached hydrogen (secondary N) is 3. The van der Waals surface area contributed by atoms with Crippen LogP contribution < -0.4 is 25.1 Å². The average Bonchev–Trinajstić information content (AvgIpc) is 2.72. The second kappa shape index (κ2) is 8.78. The zero-order valence-corrected chi connectivity index (χ0v) is 18.3. The molecule has 0 saturated heterocycles. The Morgan fingerprint density at radius 1 is 1.13 bits per heavy atom. The molecule has 3 aromatic rings. The Labute approximate surface area is 179 Å². The molecule has 0 atom stereocenters. The molecule has 9 nitrogen and oxygen atoms in total. The van der Waals surface area contributed by atoms with Crippen LogP contribution >= 0.6 is 0 Å². The Kier molecular flexibility index (Phi) is 6.32. The Morgan fingerprint density at radius 2 is 1.87 bits per heavy atom. The molecule has 0 unspecified atom stereocenters. The highest BCUT2D eigenvalue weighted by Crippen LogP contribution is 2.29. The predicted octanol–water partition coefficient (Wildman–Crippen LogP) is 2.59. The molecule has 0 spiro atoms. The number of benzene rings is 2. The lowest BCUT2D eigenvalue weighted by molar-refractivity contribution is 0.202. The zero-order chi connectivity index (χ0) is 22.8. The minimum atomic E-state index is -3.65. The summed E-state index contributed by atoms with van der Waals surface area (Å²) < 4.78 is 38.7. The Balaban J connectivity index is 1.99. The van der Waals surface area contributed by atoms with Gasteiger partial charge >= 0.3 is 11.7 Å². The van der Waals surface area contributed by atoms with Gasteiger partial charge in [-0.25, -0.2) is 14.3 Å². The van der Waals surface area contributed by atoms with Crippen LogP contribution in [0.4, 0.5) is 10.5 Å². The van der Waals surface area contributed by atoms with Crippen LogP contribution in [0.2, 0.25) is 0 Å². The van der Waals surface area contributed by atoms with Crippen molar-refractivity contribution in [3.05, 3.63) is 69.1 Å². The maximum absolute atomic E-state index is 12.7. The van der Waals surface area contributed by atoms with Crippen molar-refractivity contribution >= 4 is 33.0 Å². The Morgan fingerprint density at radius 3 is 2.55 bits per heavy atom. The lowest BCUT2D eigenvalue weighted by atomic mass is 9.98. The van der Waals surface area contributed by atoms with Crippen LogP contribution in [0.1, 0.15) is 22.3 Å². The second-order valence-corrected chi connectivity index (χ2v) is 8.55. The highest BCUT2D eigenvalue weighted by Gasteiger charge is 2.16. The predicted molar refractivity (Wildman–Crippen MR) is 118 cm³/mol. The van der Waals surface area contributed by atoms with E-state index in [1.807, 2.05) is 6.92 Å². The van der Waals surface area contributed by atoms with Crippen LogP contribution in [-0.2, 0) is 16.6 Å². The number of rotatable bonds is 6. The van der Waals surface area contributed by atoms with Crippen molar-refractivity contribution in [3.8, 4) is 5.75 Å². The summed E-state index contributed by atoms with van der Waals surface area (Å²) in [4.78, 5) is 24.2. The van der Waals surface area contributed by atoms with E-state index >= 15 is 0 Å². The molecule has 3 N–H and O–H groups in total. The summed E-state index contributed by atoms with van der Waals surface area (Å²) in [6.07, 6.45) is -0.360. The molecule has 1 amide bonds. The zero-order valence-electron chi connectivity index (χ0n) is 17.5. The highest BCUT2D eigenvalue weighted by molar-refractivity contribution is 7.90. The maximum atomic E-state index is 12.7. The molecule has 3 rings (SSSR count). The molecule has 2 aromatic carbocycles. The quantitative estimate of drug-likeness (QED) is 0.501. The summed E-state index contributed by atoms with van der Waals surface area (Å²) in [5, 5.41) is 3.10. The molecule has 0 radical (unpaired) electrons. The van der Waals surface area contributed by atoms with Gasteiger partial charge in [0.05, 0.1) is 5.69 Å². The maximum Gasteiger partial charge on any atom is 0.412 e. The first-order chi connectivity index (χ1) is 14.6. The first-order valence-corrected chi connectivity index (χ1v) is 10.9. The summed E-state index contributed by atoms with van der Waals surface area (Å²) in [7, 11) is -0.887. The minimum Gasteiger partial charge on any atom is -0.422 e. The van der Waals surface area contributed by atoms with Gasteiger partial charge in [0.15, 0.2) is 0 Å². The third-order valence-corrected chi connectivity index (χ3v) is 5.86. The fourth-order valence-electron chi connectivity index (χ4n) is 3.14. The lowest BCUT2D eigenvalue weighted by Crippen LogP contribution is -2.26. The number of carbonyl (C=O) groups excluding carboxylic acids is 1. The number of anilines is 1. The molecule has 1 heterocycles. The SMILES string of the molecule is CNC(=O)Oc1cc2oc(=O)c(Cc3cccc(NS(=O)(=O)NC)c3)c(C)c2cc1C. The van der Waals surface area contributed by atoms with Crippen molar-refractivity contribution in [3.63, 3.8) is 0 Å². The molecule has 1 aromatic heterocycles. The van der Waals surface area contributed by atoms with Crippen molar-refractivity contribution in [2.45, 2.75) is 20.3 Å². The van der Waals surface area contributed by atoms with Gasteiger partial charge < -0.3 is 14.5 Å². The summed E-state index contributed by atoms with van der Waals surface area (Å²) in [6.45, 7) is 3.61. The van der Waals surface area contributed by atoms with Crippen molar-refractivity contribution in [1.82, 2.24) is 10.0 Å². The van der Waals surface area contributed by atoms with Crippen LogP contribution in [0.5, 0.6) is 5.75 Å². The second-order valence-electron chi connectivity index (χ2n) is 6.93. The van der Waals surface area contributed by atoms with E-state index in [0.29, 0.717) is 28.1 Å². The summed E-state index contributed by atoms with van der Waals surface area (Å²) in [5.41, 5.74) is 2.82. The van der Waals surface area contributed by atoms with Gasteiger partial charge in [0, 0.05) is 37.5 Å². The van der Waals surface area contributed by atoms with E-state index in [0.717, 1.165) is 16.5 Å². The van der Waals surface area contributed by atoms with Gasteiger partial charge in [-0.3, -0.25) is 4.72 Å². The van der Waals surface area contributed by atoms with Gasteiger partial charge in [-0.1, -0.05) is 12.1 Å². The smallest absolute Gasteiger partial charge is 0.412 e. The molecule has 0 aliphatic heterocycles. The van der Waals surface area contributed by atoms with E-state index in [1.54, 1.807) is 37.3 Å². The van der Waals surface area contributed by atoms with Gasteiger partial charge in [-0.2, -0.15) is 8.42 Å². The summed E-state index contributed by atoms with van der Waals surface area (Å²) >= 11 is 0. The third-order valence-electron chi connectivity index (χ3n) is 4.82. The molecule has 0 fully saturated rings. The first-order valence-electron chi connectivity index (χ1n) is 9.40. The summed E-state index contributed by atoms with van der Waals surface area (Å²) in [6, 6.07) is 10.1. The Bertz CT molecular complexity index is 1310. The van der Waals surface area contributed by atoms with Gasteiger partial charge in [0.2, 0.25) is 0 Å². The van der Waals surface area contributed by atoms with Crippen molar-refractivity contribution in [1.29, 1.82) is 0 Å². The largest absolute Gasteiger partial charge is 0.422 e. The topological polar surface area (TPSA) is 127 Å². The first kappa shape index (κ1) is 22.3. The van der Waals surface area contributed by atoms with Crippen LogP contribution in [-0.4, -0.2) is 28.6 Å². The standard InChI is InChI=1S/C21H23N3O6S/c1-12-8-16-13(2)17(20(25)29-19(16)11-18(12)30-21(26)22-3)10-14-6-5-7-15(9-14)24-31(27,28)23-4/h5-9,11,23-24H,10H2,1-4H3,(H,22,26). The minimum absolute atomic E-state index is 0.259. The number of hydrogen-bond donors (Lipinski definition) is 3. The molecular weight excluding hydrogens is 422 g/mol. The number of amides is 1. The fraction of sp³-hybridized carbons (Fsp3) is 0.238. The number of carbonyl (C=O) groups is 1. The molecular formula is C21H23N3O6S. The third kappa shape index (κ3) is 5.04. The van der Waals surface area contributed by atoms with Crippen molar-refractivity contribution < 1.29 is 22.4 Å². The van der Waals surface area contributed by atoms with E-state index in [2.05, 4.69) is 14.8 Å². The van der Waals surface area contributed by atoms with E-state index in [-0.39, 0.29) is 6.42 Å². The number of hydrogen-bond acceptors (Lipinski definition) is 6. The van der Waals surface area contributed by atoms with Crippen LogP contribution in [0.15, 0.2) is 45.6 Å². The van der Waals surface area contributed by atoms with Gasteiger partial charge in [-0.15, -0.1) is 0 Å². The van der Waals surface area contributed by atoms with Gasteiger partial charge in [0.25, 0.3) is 10.2 Å². The van der Waals surface area contributed by atoms with Crippen LogP contribution in [0.25, 0.3) is 11.0 Å². The highest BCUT2D eigenvalue weighted by atomic mass is 32.2. The monoisotopic (exact) mass is 445 g/mol. The molecule has 10 heteroatoms. The molecule has 0 saturated carbocycles. The normalized spacial score (nSPS) is 11.4. The molecule has 164 valence electrons. The van der Waals surface area contributed by atoms with Crippen LogP contribution in [0, 0.1) is 13.8 Å². The van der Waals surface area contributed by atoms with E-state index in [4.69, 9.17) is 9.15 Å². The molecule has 0 aliphatic carbocycles. The lowest BCUT2D eigenvalue weighted by Gasteiger charge is -2.12. The number of fused-ring (bicyclic) bond motifs is 1. The van der Waals surface area contributed by atoms with Crippen molar-refractivity contribution in [2.75, 3.05) is 18.8 Å². The Hall–Kier alpha value is -3.37. The van der Waals surface area contributed by atoms with Crippen molar-refractivity contribution in [2.24, 2.45) is 0 Å². The molecule has 31 heavy (non-hydrogen) atoms. The number of ether oxygens (including phenoxy) is 1. The number of aryl methyl sites for hydroxylation is 2. The summed E-state index contributed by atoms with van der Waals surface area (Å²) in [5.74, 6) is 0.298. The van der Waals surface area contributed by atoms with Crippen LogP contribution in [0.3, 0.4) is 0 Å². The molecule has 0 bridgehead atoms. The van der Waals surface area contributed by atoms with E-state index in [1.165, 1.54) is 20.2 Å². The average molecular weight is 445 g/mol. The van der Waals surface area contributed by atoms with Gasteiger partial charge in [0.1, 0.15) is 11.3 Å². The van der Waals surface area contributed by atoms with E-state index in [9.17, 15) is 18.0 Å². The van der Waals surface area contributed by atoms with Gasteiger partial charge in [-0.05, 0) is 48.7 Å². The van der Waals surface area contributed by atoms with E-state index < -0.39 is 21.9 Å². The molecule has 0 aliphatic rings. The fourth-order valence-corrected chi connectivity index (χ4v) is 3.68.